The molecule has 7 heteroatoms. The van der Waals surface area contributed by atoms with Gasteiger partial charge in [-0.1, -0.05) is 0 Å². The molecule has 3 aliphatic heterocycles. The molecule has 2 amide bonds. The molecule has 4 rings (SSSR count). The normalized spacial score (nSPS) is 39.3. The average molecular weight is 338 g/mol. The van der Waals surface area contributed by atoms with Crippen molar-refractivity contribution in [2.45, 2.75) is 31.5 Å². The molecule has 0 aromatic heterocycles. The van der Waals surface area contributed by atoms with Crippen LogP contribution < -0.4 is 0 Å². The Kier molecular flexibility index (Phi) is 4.49. The zero-order chi connectivity index (χ0) is 16.7. The maximum atomic E-state index is 13.0. The van der Waals surface area contributed by atoms with Gasteiger partial charge in [0.2, 0.25) is 11.8 Å². The zero-order valence-corrected chi connectivity index (χ0v) is 13.9. The van der Waals surface area contributed by atoms with Crippen molar-refractivity contribution in [2.24, 2.45) is 17.8 Å². The zero-order valence-electron chi connectivity index (χ0n) is 13.9. The van der Waals surface area contributed by atoms with Crippen LogP contribution in [0.1, 0.15) is 19.3 Å². The van der Waals surface area contributed by atoms with E-state index >= 15 is 0 Å². The second-order valence-corrected chi connectivity index (χ2v) is 7.47. The van der Waals surface area contributed by atoms with Crippen LogP contribution in [-0.4, -0.2) is 84.9 Å². The molecule has 3 saturated heterocycles. The number of aliphatic hydroxyl groups excluding tert-OH is 1. The van der Waals surface area contributed by atoms with Gasteiger partial charge in [-0.25, -0.2) is 0 Å². The molecule has 0 unspecified atom stereocenters. The van der Waals surface area contributed by atoms with Crippen LogP contribution in [0.3, 0.4) is 0 Å². The quantitative estimate of drug-likeness (QED) is 0.733. The van der Waals surface area contributed by atoms with Gasteiger partial charge in [-0.2, -0.15) is 0 Å². The lowest BCUT2D eigenvalue weighted by molar-refractivity contribution is -0.154. The Morgan fingerprint density at radius 3 is 2.42 bits per heavy atom. The summed E-state index contributed by atoms with van der Waals surface area (Å²) in [6, 6.07) is 0. The summed E-state index contributed by atoms with van der Waals surface area (Å²) >= 11 is 0. The highest BCUT2D eigenvalue weighted by Gasteiger charge is 2.48. The number of amides is 2. The summed E-state index contributed by atoms with van der Waals surface area (Å²) in [6.45, 7) is 4.20. The highest BCUT2D eigenvalue weighted by molar-refractivity contribution is 5.83. The first-order valence-electron chi connectivity index (χ1n) is 9.08. The maximum Gasteiger partial charge on any atom is 0.228 e. The van der Waals surface area contributed by atoms with E-state index in [0.29, 0.717) is 58.8 Å². The molecule has 3 atom stereocenters. The minimum absolute atomic E-state index is 0.0253. The molecule has 0 radical (unpaired) electrons. The second-order valence-electron chi connectivity index (χ2n) is 7.47. The SMILES string of the molecule is O=C(C1CC(O)C1)N1C[C@H]2OCC[C@H]2[C@H](C(=O)N2CCOCC2)C1. The molecule has 0 aromatic carbocycles. The topological polar surface area (TPSA) is 79.3 Å². The average Bonchev–Trinajstić information content (AvgIpc) is 3.06. The summed E-state index contributed by atoms with van der Waals surface area (Å²) in [5.41, 5.74) is 0. The molecule has 24 heavy (non-hydrogen) atoms. The van der Waals surface area contributed by atoms with E-state index in [1.54, 1.807) is 0 Å². The molecule has 134 valence electrons. The van der Waals surface area contributed by atoms with Crippen molar-refractivity contribution in [3.63, 3.8) is 0 Å². The van der Waals surface area contributed by atoms with Crippen LogP contribution in [0.2, 0.25) is 0 Å². The summed E-state index contributed by atoms with van der Waals surface area (Å²) in [7, 11) is 0. The van der Waals surface area contributed by atoms with E-state index in [1.807, 2.05) is 9.80 Å². The smallest absolute Gasteiger partial charge is 0.228 e. The Morgan fingerprint density at radius 2 is 1.71 bits per heavy atom. The van der Waals surface area contributed by atoms with Crippen molar-refractivity contribution in [3.8, 4) is 0 Å². The number of fused-ring (bicyclic) bond motifs is 1. The van der Waals surface area contributed by atoms with Crippen molar-refractivity contribution in [1.29, 1.82) is 0 Å². The number of morpholine rings is 1. The molecule has 0 aromatic rings. The first kappa shape index (κ1) is 16.3. The lowest BCUT2D eigenvalue weighted by Crippen LogP contribution is -2.58. The van der Waals surface area contributed by atoms with Crippen LogP contribution in [0.4, 0.5) is 0 Å². The number of piperidine rings is 1. The lowest BCUT2D eigenvalue weighted by Gasteiger charge is -2.44. The molecular weight excluding hydrogens is 312 g/mol. The summed E-state index contributed by atoms with van der Waals surface area (Å²) in [5, 5.41) is 9.46. The van der Waals surface area contributed by atoms with Gasteiger partial charge in [-0.3, -0.25) is 9.59 Å². The molecule has 1 N–H and O–H groups in total. The van der Waals surface area contributed by atoms with Gasteiger partial charge < -0.3 is 24.4 Å². The van der Waals surface area contributed by atoms with Crippen molar-refractivity contribution in [1.82, 2.24) is 9.80 Å². The largest absolute Gasteiger partial charge is 0.393 e. The van der Waals surface area contributed by atoms with E-state index in [4.69, 9.17) is 9.47 Å². The summed E-state index contributed by atoms with van der Waals surface area (Å²) in [6.07, 6.45) is 1.63. The first-order chi connectivity index (χ1) is 11.6. The minimum Gasteiger partial charge on any atom is -0.393 e. The van der Waals surface area contributed by atoms with E-state index in [0.717, 1.165) is 6.42 Å². The molecule has 0 spiro atoms. The van der Waals surface area contributed by atoms with Crippen LogP contribution in [0.25, 0.3) is 0 Å². The summed E-state index contributed by atoms with van der Waals surface area (Å²) in [5.74, 6) is 0.186. The lowest BCUT2D eigenvalue weighted by atomic mass is 9.78. The Hall–Kier alpha value is -1.18. The van der Waals surface area contributed by atoms with Gasteiger partial charge in [0.1, 0.15) is 0 Å². The van der Waals surface area contributed by atoms with E-state index < -0.39 is 0 Å². The summed E-state index contributed by atoms with van der Waals surface area (Å²) in [4.78, 5) is 29.4. The highest BCUT2D eigenvalue weighted by Crippen LogP contribution is 2.37. The van der Waals surface area contributed by atoms with E-state index in [9.17, 15) is 14.7 Å². The number of likely N-dealkylation sites (tertiary alicyclic amines) is 1. The van der Waals surface area contributed by atoms with E-state index in [-0.39, 0.29) is 41.8 Å². The summed E-state index contributed by atoms with van der Waals surface area (Å²) < 4.78 is 11.2. The number of ether oxygens (including phenoxy) is 2. The molecular formula is C17H26N2O5. The van der Waals surface area contributed by atoms with Gasteiger partial charge in [0.25, 0.3) is 0 Å². The Bertz CT molecular complexity index is 501. The van der Waals surface area contributed by atoms with E-state index in [2.05, 4.69) is 0 Å². The van der Waals surface area contributed by atoms with Gasteiger partial charge in [0.15, 0.2) is 0 Å². The Morgan fingerprint density at radius 1 is 0.958 bits per heavy atom. The maximum absolute atomic E-state index is 13.0. The Labute approximate surface area is 141 Å². The number of nitrogens with zero attached hydrogens (tertiary/aromatic N) is 2. The highest BCUT2D eigenvalue weighted by atomic mass is 16.5. The van der Waals surface area contributed by atoms with Gasteiger partial charge in [0, 0.05) is 44.6 Å². The number of aliphatic hydroxyl groups is 1. The molecule has 4 aliphatic rings. The predicted molar refractivity (Wildman–Crippen MR) is 84.0 cm³/mol. The second kappa shape index (κ2) is 6.61. The third-order valence-corrected chi connectivity index (χ3v) is 6.01. The van der Waals surface area contributed by atoms with Gasteiger partial charge >= 0.3 is 0 Å². The molecule has 4 fully saturated rings. The fourth-order valence-electron chi connectivity index (χ4n) is 4.49. The van der Waals surface area contributed by atoms with Crippen molar-refractivity contribution >= 4 is 11.8 Å². The molecule has 1 aliphatic carbocycles. The van der Waals surface area contributed by atoms with Crippen LogP contribution in [-0.2, 0) is 19.1 Å². The fourth-order valence-corrected chi connectivity index (χ4v) is 4.49. The van der Waals surface area contributed by atoms with Crippen LogP contribution >= 0.6 is 0 Å². The van der Waals surface area contributed by atoms with E-state index in [1.165, 1.54) is 0 Å². The number of rotatable bonds is 2. The molecule has 3 heterocycles. The molecule has 0 bridgehead atoms. The molecule has 7 nitrogen and oxygen atoms in total. The third kappa shape index (κ3) is 2.93. The van der Waals surface area contributed by atoms with Crippen LogP contribution in [0.5, 0.6) is 0 Å². The van der Waals surface area contributed by atoms with Crippen LogP contribution in [0, 0.1) is 17.8 Å². The van der Waals surface area contributed by atoms with Gasteiger partial charge in [-0.15, -0.1) is 0 Å². The van der Waals surface area contributed by atoms with Crippen molar-refractivity contribution in [2.75, 3.05) is 46.0 Å². The van der Waals surface area contributed by atoms with Crippen molar-refractivity contribution < 1.29 is 24.2 Å². The number of hydrogen-bond donors (Lipinski definition) is 1. The standard InChI is InChI=1S/C17H26N2O5/c20-12-7-11(8-12)16(21)19-9-14(13-1-4-24-15(13)10-19)17(22)18-2-5-23-6-3-18/h11-15,20H,1-10H2/t11?,12?,13-,14+,15+/m0/s1. The fraction of sp³-hybridized carbons (Fsp3) is 0.882. The predicted octanol–water partition coefficient (Wildman–Crippen LogP) is -0.520. The number of carbonyl (C=O) groups excluding carboxylic acids is 2. The Balaban J connectivity index is 1.46. The molecule has 1 saturated carbocycles. The van der Waals surface area contributed by atoms with Gasteiger partial charge in [0.05, 0.1) is 31.3 Å². The minimum atomic E-state index is -0.343. The van der Waals surface area contributed by atoms with Crippen molar-refractivity contribution in [3.05, 3.63) is 0 Å². The number of carbonyl (C=O) groups is 2. The van der Waals surface area contributed by atoms with Gasteiger partial charge in [-0.05, 0) is 19.3 Å². The van der Waals surface area contributed by atoms with Crippen LogP contribution in [0.15, 0.2) is 0 Å². The number of hydrogen-bond acceptors (Lipinski definition) is 5. The monoisotopic (exact) mass is 338 g/mol. The third-order valence-electron chi connectivity index (χ3n) is 6.01. The first-order valence-corrected chi connectivity index (χ1v) is 9.08.